The second kappa shape index (κ2) is 7.99. The lowest BCUT2D eigenvalue weighted by Crippen LogP contribution is -2.33. The van der Waals surface area contributed by atoms with E-state index < -0.39 is 0 Å². The summed E-state index contributed by atoms with van der Waals surface area (Å²) >= 11 is 0. The molecule has 0 bridgehead atoms. The van der Waals surface area contributed by atoms with E-state index in [4.69, 9.17) is 0 Å². The maximum absolute atomic E-state index is 13.0. The molecule has 1 aromatic heterocycles. The summed E-state index contributed by atoms with van der Waals surface area (Å²) in [6.07, 6.45) is 1.28. The van der Waals surface area contributed by atoms with E-state index in [-0.39, 0.29) is 17.8 Å². The van der Waals surface area contributed by atoms with E-state index in [1.54, 1.807) is 12.1 Å². The van der Waals surface area contributed by atoms with Gasteiger partial charge >= 0.3 is 0 Å². The highest BCUT2D eigenvalue weighted by atomic mass is 19.1. The first-order valence-electron chi connectivity index (χ1n) is 9.26. The number of carbonyl (C=O) groups excluding carboxylic acids is 1. The number of hydrogen-bond acceptors (Lipinski definition) is 3. The van der Waals surface area contributed by atoms with E-state index in [9.17, 15) is 9.18 Å². The summed E-state index contributed by atoms with van der Waals surface area (Å²) in [6.45, 7) is 9.22. The zero-order valence-electron chi connectivity index (χ0n) is 15.8. The fraction of sp³-hybridized carbons (Fsp3) is 0.500. The first kappa shape index (κ1) is 18.6. The van der Waals surface area contributed by atoms with Gasteiger partial charge in [0.05, 0.1) is 5.69 Å². The Hall–Kier alpha value is -2.21. The average Bonchev–Trinajstić information content (AvgIpc) is 3.11. The van der Waals surface area contributed by atoms with Gasteiger partial charge in [0.25, 0.3) is 0 Å². The Kier molecular flexibility index (Phi) is 5.71. The van der Waals surface area contributed by atoms with Crippen molar-refractivity contribution in [1.29, 1.82) is 0 Å². The van der Waals surface area contributed by atoms with Crippen LogP contribution < -0.4 is 5.32 Å². The number of aryl methyl sites for hydroxylation is 2. The van der Waals surface area contributed by atoms with Crippen LogP contribution in [0.3, 0.4) is 0 Å². The van der Waals surface area contributed by atoms with Gasteiger partial charge in [-0.1, -0.05) is 12.1 Å². The summed E-state index contributed by atoms with van der Waals surface area (Å²) in [5, 5.41) is 8.06. The van der Waals surface area contributed by atoms with Gasteiger partial charge in [-0.3, -0.25) is 9.48 Å². The number of amides is 1. The molecule has 1 atom stereocenters. The van der Waals surface area contributed by atoms with Gasteiger partial charge in [0, 0.05) is 49.9 Å². The largest absolute Gasteiger partial charge is 0.341 e. The lowest BCUT2D eigenvalue weighted by molar-refractivity contribution is -0.127. The van der Waals surface area contributed by atoms with Crippen LogP contribution in [0.5, 0.6) is 0 Å². The number of aromatic nitrogens is 2. The molecule has 1 N–H and O–H groups in total. The number of rotatable bonds is 7. The molecular formula is C20H27FN4O. The highest BCUT2D eigenvalue weighted by Gasteiger charge is 2.29. The molecule has 1 aromatic carbocycles. The maximum atomic E-state index is 13.0. The second-order valence-corrected chi connectivity index (χ2v) is 6.96. The number of likely N-dealkylation sites (tertiary alicyclic amines) is 1. The van der Waals surface area contributed by atoms with Gasteiger partial charge in [-0.25, -0.2) is 4.39 Å². The molecule has 1 fully saturated rings. The smallest absolute Gasteiger partial charge is 0.224 e. The standard InChI is InChI=1S/C20H27FN4O/c1-4-25-15(3)19(14(2)23-25)12-22-18-11-20(26)24(13-18)10-9-16-5-7-17(21)8-6-16/h5-8,18,22H,4,9-13H2,1-3H3. The Bertz CT molecular complexity index is 769. The van der Waals surface area contributed by atoms with Crippen LogP contribution in [0, 0.1) is 19.7 Å². The van der Waals surface area contributed by atoms with E-state index in [0.717, 1.165) is 37.3 Å². The normalized spacial score (nSPS) is 17.3. The van der Waals surface area contributed by atoms with Crippen molar-refractivity contribution in [3.63, 3.8) is 0 Å². The number of hydrogen-bond donors (Lipinski definition) is 1. The van der Waals surface area contributed by atoms with E-state index in [0.29, 0.717) is 13.0 Å². The molecule has 0 radical (unpaired) electrons. The fourth-order valence-electron chi connectivity index (χ4n) is 3.58. The van der Waals surface area contributed by atoms with Crippen molar-refractivity contribution in [2.45, 2.75) is 52.7 Å². The van der Waals surface area contributed by atoms with Gasteiger partial charge < -0.3 is 10.2 Å². The van der Waals surface area contributed by atoms with Gasteiger partial charge in [-0.05, 0) is 44.9 Å². The van der Waals surface area contributed by atoms with Crippen molar-refractivity contribution in [3.05, 3.63) is 52.6 Å². The molecule has 0 spiro atoms. The monoisotopic (exact) mass is 358 g/mol. The minimum Gasteiger partial charge on any atom is -0.341 e. The molecule has 0 saturated carbocycles. The SMILES string of the molecule is CCn1nc(C)c(CNC2CC(=O)N(CCc3ccc(F)cc3)C2)c1C. The lowest BCUT2D eigenvalue weighted by atomic mass is 10.1. The zero-order chi connectivity index (χ0) is 18.7. The molecule has 6 heteroatoms. The van der Waals surface area contributed by atoms with Crippen LogP contribution in [0.2, 0.25) is 0 Å². The van der Waals surface area contributed by atoms with E-state index in [2.05, 4.69) is 24.3 Å². The van der Waals surface area contributed by atoms with Crippen LogP contribution in [-0.4, -0.2) is 39.7 Å². The number of benzene rings is 1. The van der Waals surface area contributed by atoms with Crippen LogP contribution >= 0.6 is 0 Å². The van der Waals surface area contributed by atoms with Crippen molar-refractivity contribution in [1.82, 2.24) is 20.0 Å². The number of nitrogens with one attached hydrogen (secondary N) is 1. The third-order valence-electron chi connectivity index (χ3n) is 5.20. The van der Waals surface area contributed by atoms with Gasteiger partial charge in [0.2, 0.25) is 5.91 Å². The third-order valence-corrected chi connectivity index (χ3v) is 5.20. The minimum atomic E-state index is -0.229. The number of carbonyl (C=O) groups is 1. The first-order chi connectivity index (χ1) is 12.5. The summed E-state index contributed by atoms with van der Waals surface area (Å²) in [6, 6.07) is 6.66. The maximum Gasteiger partial charge on any atom is 0.224 e. The Morgan fingerprint density at radius 1 is 1.27 bits per heavy atom. The lowest BCUT2D eigenvalue weighted by Gasteiger charge is -2.17. The van der Waals surface area contributed by atoms with Crippen molar-refractivity contribution < 1.29 is 9.18 Å². The summed E-state index contributed by atoms with van der Waals surface area (Å²) in [7, 11) is 0. The van der Waals surface area contributed by atoms with Gasteiger partial charge in [0.15, 0.2) is 0 Å². The Morgan fingerprint density at radius 2 is 2.00 bits per heavy atom. The molecule has 2 aromatic rings. The predicted octanol–water partition coefficient (Wildman–Crippen LogP) is 2.59. The highest BCUT2D eigenvalue weighted by molar-refractivity contribution is 5.79. The quantitative estimate of drug-likeness (QED) is 0.828. The van der Waals surface area contributed by atoms with Crippen LogP contribution in [0.25, 0.3) is 0 Å². The third kappa shape index (κ3) is 4.12. The van der Waals surface area contributed by atoms with Crippen molar-refractivity contribution >= 4 is 5.91 Å². The molecule has 1 aliphatic rings. The molecule has 3 rings (SSSR count). The number of halogens is 1. The zero-order valence-corrected chi connectivity index (χ0v) is 15.8. The Balaban J connectivity index is 1.51. The van der Waals surface area contributed by atoms with Gasteiger partial charge in [-0.15, -0.1) is 0 Å². The van der Waals surface area contributed by atoms with Crippen molar-refractivity contribution in [2.24, 2.45) is 0 Å². The van der Waals surface area contributed by atoms with Crippen LogP contribution in [0.4, 0.5) is 4.39 Å². The summed E-state index contributed by atoms with van der Waals surface area (Å²) < 4.78 is 15.0. The van der Waals surface area contributed by atoms with Crippen molar-refractivity contribution in [3.8, 4) is 0 Å². The summed E-state index contributed by atoms with van der Waals surface area (Å²) in [5.74, 6) is -0.0467. The fourth-order valence-corrected chi connectivity index (χ4v) is 3.58. The van der Waals surface area contributed by atoms with Crippen LogP contribution in [0.15, 0.2) is 24.3 Å². The Morgan fingerprint density at radius 3 is 2.65 bits per heavy atom. The predicted molar refractivity (Wildman–Crippen MR) is 99.3 cm³/mol. The molecule has 1 saturated heterocycles. The Labute approximate surface area is 154 Å². The molecule has 5 nitrogen and oxygen atoms in total. The molecular weight excluding hydrogens is 331 g/mol. The number of nitrogens with zero attached hydrogens (tertiary/aromatic N) is 3. The molecule has 26 heavy (non-hydrogen) atoms. The van der Waals surface area contributed by atoms with Crippen LogP contribution in [-0.2, 0) is 24.3 Å². The summed E-state index contributed by atoms with van der Waals surface area (Å²) in [4.78, 5) is 14.2. The molecule has 1 aliphatic heterocycles. The van der Waals surface area contributed by atoms with Gasteiger partial charge in [0.1, 0.15) is 5.82 Å². The van der Waals surface area contributed by atoms with Crippen LogP contribution in [0.1, 0.15) is 35.9 Å². The minimum absolute atomic E-state index is 0.166. The highest BCUT2D eigenvalue weighted by Crippen LogP contribution is 2.16. The molecule has 0 aliphatic carbocycles. The van der Waals surface area contributed by atoms with E-state index in [1.807, 2.05) is 16.5 Å². The molecule has 2 heterocycles. The second-order valence-electron chi connectivity index (χ2n) is 6.96. The van der Waals surface area contributed by atoms with E-state index >= 15 is 0 Å². The van der Waals surface area contributed by atoms with Gasteiger partial charge in [-0.2, -0.15) is 5.10 Å². The topological polar surface area (TPSA) is 50.2 Å². The van der Waals surface area contributed by atoms with E-state index in [1.165, 1.54) is 23.4 Å². The van der Waals surface area contributed by atoms with Crippen molar-refractivity contribution in [2.75, 3.05) is 13.1 Å². The molecule has 1 amide bonds. The molecule has 140 valence electrons. The summed E-state index contributed by atoms with van der Waals surface area (Å²) in [5.41, 5.74) is 4.52. The first-order valence-corrected chi connectivity index (χ1v) is 9.26. The molecule has 1 unspecified atom stereocenters. The average molecular weight is 358 g/mol.